The summed E-state index contributed by atoms with van der Waals surface area (Å²) in [5.41, 5.74) is 5.89. The number of hydrogen-bond acceptors (Lipinski definition) is 2. The van der Waals surface area contributed by atoms with Gasteiger partial charge in [0.05, 0.1) is 5.92 Å². The first kappa shape index (κ1) is 10.8. The zero-order chi connectivity index (χ0) is 8.72. The topological polar surface area (TPSA) is 63.3 Å². The second-order valence-electron chi connectivity index (χ2n) is 4.09. The fourth-order valence-corrected chi connectivity index (χ4v) is 2.69. The number of fused-ring (bicyclic) bond motifs is 1. The van der Waals surface area contributed by atoms with Crippen molar-refractivity contribution in [3.8, 4) is 0 Å². The van der Waals surface area contributed by atoms with Crippen molar-refractivity contribution in [1.82, 2.24) is 0 Å². The Morgan fingerprint density at radius 3 is 2.23 bits per heavy atom. The third-order valence-corrected chi connectivity index (χ3v) is 3.58. The van der Waals surface area contributed by atoms with E-state index in [9.17, 15) is 4.79 Å². The highest BCUT2D eigenvalue weighted by atomic mass is 35.5. The van der Waals surface area contributed by atoms with Crippen LogP contribution in [0.25, 0.3) is 0 Å². The van der Waals surface area contributed by atoms with Gasteiger partial charge in [-0.25, -0.2) is 0 Å². The summed E-state index contributed by atoms with van der Waals surface area (Å²) in [7, 11) is 0. The third kappa shape index (κ3) is 1.67. The lowest BCUT2D eigenvalue weighted by Gasteiger charge is -2.47. The Bertz CT molecular complexity index is 210. The Morgan fingerprint density at radius 2 is 1.77 bits per heavy atom. The van der Waals surface area contributed by atoms with Crippen molar-refractivity contribution >= 4 is 18.4 Å². The van der Waals surface area contributed by atoms with E-state index in [4.69, 9.17) is 10.8 Å². The Labute approximate surface area is 84.1 Å². The second-order valence-corrected chi connectivity index (χ2v) is 4.09. The van der Waals surface area contributed by atoms with Crippen LogP contribution in [-0.2, 0) is 4.79 Å². The number of carboxylic acids is 1. The minimum Gasteiger partial charge on any atom is -0.481 e. The van der Waals surface area contributed by atoms with Gasteiger partial charge in [0.25, 0.3) is 0 Å². The molecule has 2 saturated carbocycles. The summed E-state index contributed by atoms with van der Waals surface area (Å²) in [6.07, 6.45) is 3.92. The Hall–Kier alpha value is -0.280. The van der Waals surface area contributed by atoms with Gasteiger partial charge < -0.3 is 10.8 Å². The van der Waals surface area contributed by atoms with Crippen LogP contribution in [0.5, 0.6) is 0 Å². The maximum absolute atomic E-state index is 10.8. The smallest absolute Gasteiger partial charge is 0.306 e. The van der Waals surface area contributed by atoms with Gasteiger partial charge >= 0.3 is 5.97 Å². The van der Waals surface area contributed by atoms with E-state index in [1.54, 1.807) is 0 Å². The maximum atomic E-state index is 10.8. The van der Waals surface area contributed by atoms with Crippen LogP contribution >= 0.6 is 12.4 Å². The molecule has 2 aliphatic rings. The maximum Gasteiger partial charge on any atom is 0.306 e. The molecule has 4 unspecified atom stereocenters. The van der Waals surface area contributed by atoms with Crippen molar-refractivity contribution in [2.24, 2.45) is 23.5 Å². The predicted octanol–water partition coefficient (Wildman–Crippen LogP) is 1.26. The number of carboxylic acid groups (broad SMARTS) is 1. The number of halogens is 1. The molecular weight excluding hydrogens is 190 g/mol. The minimum absolute atomic E-state index is 0. The lowest BCUT2D eigenvalue weighted by molar-refractivity contribution is -0.149. The molecule has 3 N–H and O–H groups in total. The first-order valence-electron chi connectivity index (χ1n) is 4.68. The van der Waals surface area contributed by atoms with Gasteiger partial charge in [-0.05, 0) is 37.5 Å². The van der Waals surface area contributed by atoms with Crippen molar-refractivity contribution in [3.05, 3.63) is 0 Å². The quantitative estimate of drug-likeness (QED) is 0.678. The zero-order valence-electron chi connectivity index (χ0n) is 7.48. The molecule has 0 saturated heterocycles. The second kappa shape index (κ2) is 3.84. The van der Waals surface area contributed by atoms with E-state index in [0.717, 1.165) is 25.7 Å². The van der Waals surface area contributed by atoms with Crippen LogP contribution in [-0.4, -0.2) is 17.1 Å². The van der Waals surface area contributed by atoms with Crippen LogP contribution in [0.2, 0.25) is 0 Å². The van der Waals surface area contributed by atoms with Gasteiger partial charge in [-0.15, -0.1) is 12.4 Å². The first-order valence-corrected chi connectivity index (χ1v) is 4.68. The van der Waals surface area contributed by atoms with E-state index >= 15 is 0 Å². The molecule has 3 nitrogen and oxygen atoms in total. The summed E-state index contributed by atoms with van der Waals surface area (Å²) in [5, 5.41) is 8.91. The molecule has 2 fully saturated rings. The number of rotatable bonds is 1. The fraction of sp³-hybridized carbons (Fsp3) is 0.889. The zero-order valence-corrected chi connectivity index (χ0v) is 8.30. The van der Waals surface area contributed by atoms with E-state index < -0.39 is 5.97 Å². The molecule has 0 aliphatic heterocycles. The molecule has 0 aromatic heterocycles. The van der Waals surface area contributed by atoms with E-state index in [0.29, 0.717) is 11.8 Å². The molecule has 76 valence electrons. The molecule has 0 aromatic carbocycles. The monoisotopic (exact) mass is 205 g/mol. The molecule has 2 aliphatic carbocycles. The van der Waals surface area contributed by atoms with Gasteiger partial charge in [0.1, 0.15) is 0 Å². The SMILES string of the molecule is Cl.NC1CCC(C(=O)O)C2CCC12. The molecule has 0 spiro atoms. The molecule has 4 atom stereocenters. The van der Waals surface area contributed by atoms with Gasteiger partial charge in [-0.3, -0.25) is 4.79 Å². The number of carbonyl (C=O) groups is 1. The van der Waals surface area contributed by atoms with E-state index in [-0.39, 0.29) is 24.4 Å². The highest BCUT2D eigenvalue weighted by Gasteiger charge is 2.46. The highest BCUT2D eigenvalue weighted by molar-refractivity contribution is 5.85. The normalized spacial score (nSPS) is 42.5. The summed E-state index contributed by atoms with van der Waals surface area (Å²) < 4.78 is 0. The summed E-state index contributed by atoms with van der Waals surface area (Å²) in [4.78, 5) is 10.8. The average molecular weight is 206 g/mol. The predicted molar refractivity (Wildman–Crippen MR) is 51.8 cm³/mol. The Morgan fingerprint density at radius 1 is 1.15 bits per heavy atom. The van der Waals surface area contributed by atoms with Crippen LogP contribution in [0.3, 0.4) is 0 Å². The molecule has 0 aromatic rings. The van der Waals surface area contributed by atoms with Crippen LogP contribution in [0.4, 0.5) is 0 Å². The van der Waals surface area contributed by atoms with Gasteiger partial charge in [0, 0.05) is 6.04 Å². The molecule has 0 bridgehead atoms. The molecule has 4 heteroatoms. The molecule has 2 rings (SSSR count). The third-order valence-electron chi connectivity index (χ3n) is 3.58. The van der Waals surface area contributed by atoms with Crippen molar-refractivity contribution in [3.63, 3.8) is 0 Å². The van der Waals surface area contributed by atoms with Crippen LogP contribution in [0.1, 0.15) is 25.7 Å². The standard InChI is InChI=1S/C9H15NO2.ClH/c10-8-4-3-7(9(11)12)5-1-2-6(5)8;/h5-8H,1-4,10H2,(H,11,12);1H. The highest BCUT2D eigenvalue weighted by Crippen LogP contribution is 2.47. The molecule has 0 radical (unpaired) electrons. The largest absolute Gasteiger partial charge is 0.481 e. The van der Waals surface area contributed by atoms with E-state index in [1.165, 1.54) is 0 Å². The number of aliphatic carboxylic acids is 1. The summed E-state index contributed by atoms with van der Waals surface area (Å²) >= 11 is 0. The molecule has 13 heavy (non-hydrogen) atoms. The number of nitrogens with two attached hydrogens (primary N) is 1. The van der Waals surface area contributed by atoms with Gasteiger partial charge in [0.2, 0.25) is 0 Å². The van der Waals surface area contributed by atoms with E-state index in [1.807, 2.05) is 0 Å². The van der Waals surface area contributed by atoms with Crippen LogP contribution in [0.15, 0.2) is 0 Å². The van der Waals surface area contributed by atoms with Crippen LogP contribution in [0, 0.1) is 17.8 Å². The van der Waals surface area contributed by atoms with Crippen molar-refractivity contribution in [1.29, 1.82) is 0 Å². The van der Waals surface area contributed by atoms with Gasteiger partial charge in [0.15, 0.2) is 0 Å². The average Bonchev–Trinajstić information content (AvgIpc) is 1.92. The molecular formula is C9H16ClNO2. The summed E-state index contributed by atoms with van der Waals surface area (Å²) in [6.45, 7) is 0. The summed E-state index contributed by atoms with van der Waals surface area (Å²) in [6, 6.07) is 0.277. The molecule has 0 amide bonds. The minimum atomic E-state index is -0.614. The van der Waals surface area contributed by atoms with Crippen molar-refractivity contribution in [2.45, 2.75) is 31.7 Å². The van der Waals surface area contributed by atoms with E-state index in [2.05, 4.69) is 0 Å². The van der Waals surface area contributed by atoms with Crippen LogP contribution < -0.4 is 5.73 Å². The first-order chi connectivity index (χ1) is 5.70. The number of hydrogen-bond donors (Lipinski definition) is 2. The Kier molecular flexibility index (Phi) is 3.19. The van der Waals surface area contributed by atoms with Gasteiger partial charge in [-0.1, -0.05) is 0 Å². The van der Waals surface area contributed by atoms with Gasteiger partial charge in [-0.2, -0.15) is 0 Å². The van der Waals surface area contributed by atoms with Crippen molar-refractivity contribution < 1.29 is 9.90 Å². The fourth-order valence-electron chi connectivity index (χ4n) is 2.69. The molecule has 0 heterocycles. The Balaban J connectivity index is 0.000000845. The van der Waals surface area contributed by atoms with Crippen molar-refractivity contribution in [2.75, 3.05) is 0 Å². The summed E-state index contributed by atoms with van der Waals surface area (Å²) in [5.74, 6) is 0.200. The lowest BCUT2D eigenvalue weighted by Crippen LogP contribution is -2.50. The lowest BCUT2D eigenvalue weighted by atomic mass is 9.59.